The van der Waals surface area contributed by atoms with Gasteiger partial charge in [0.2, 0.25) is 5.91 Å². The summed E-state index contributed by atoms with van der Waals surface area (Å²) in [7, 11) is 0. The zero-order chi connectivity index (χ0) is 25.5. The first kappa shape index (κ1) is 24.3. The van der Waals surface area contributed by atoms with Crippen molar-refractivity contribution in [3.05, 3.63) is 40.0 Å². The average Bonchev–Trinajstić information content (AvgIpc) is 3.51. The lowest BCUT2D eigenvalue weighted by Crippen LogP contribution is -2.50. The molecule has 2 aliphatic heterocycles. The molecule has 1 aromatic carbocycles. The van der Waals surface area contributed by atoms with E-state index >= 15 is 0 Å². The Morgan fingerprint density at radius 2 is 2.27 bits per heavy atom. The molecule has 1 saturated heterocycles. The quantitative estimate of drug-likeness (QED) is 0.512. The first-order valence-corrected chi connectivity index (χ1v) is 13.7. The van der Waals surface area contributed by atoms with Crippen molar-refractivity contribution in [3.63, 3.8) is 0 Å². The third-order valence-corrected chi connectivity index (χ3v) is 8.50. The molecule has 1 aliphatic carbocycles. The largest absolute Gasteiger partial charge is 0.490 e. The molecule has 10 heteroatoms. The van der Waals surface area contributed by atoms with Crippen LogP contribution in [0.4, 0.5) is 11.5 Å². The fraction of sp³-hybridized carbons (Fsp3) is 0.481. The lowest BCUT2D eigenvalue weighted by atomic mass is 9.86. The van der Waals surface area contributed by atoms with E-state index in [1.165, 1.54) is 10.4 Å². The summed E-state index contributed by atoms with van der Waals surface area (Å²) in [4.78, 5) is 31.1. The predicted octanol–water partition coefficient (Wildman–Crippen LogP) is 3.45. The van der Waals surface area contributed by atoms with E-state index in [-0.39, 0.29) is 23.9 Å². The molecule has 37 heavy (non-hydrogen) atoms. The molecule has 6 rings (SSSR count). The van der Waals surface area contributed by atoms with Crippen LogP contribution in [0.5, 0.6) is 5.75 Å². The SMILES string of the molecule is C[C@H](N)COc1cc2c(cc1Nc1ncnc3sc4c(c13)CC[C@H](C(=O)N1CCOC[C@H]1C)C4)C=NC2. The highest BCUT2D eigenvalue weighted by atomic mass is 32.1. The standard InChI is InChI=1S/C27H32N6O3S/c1-15(28)12-36-22-8-19-11-29-10-18(19)7-21(22)32-25-24-20-4-3-17(9-23(20)37-26(24)31-14-30-25)27(34)33-5-6-35-13-16(33)2/h7-8,10,14-17H,3-6,9,11-13,28H2,1-2H3,(H,30,31,32)/t15-,16+,17-/m0/s1. The molecule has 3 aromatic rings. The van der Waals surface area contributed by atoms with Gasteiger partial charge in [-0.1, -0.05) is 0 Å². The van der Waals surface area contributed by atoms with Crippen LogP contribution < -0.4 is 15.8 Å². The van der Waals surface area contributed by atoms with Crippen LogP contribution in [-0.2, 0) is 28.9 Å². The summed E-state index contributed by atoms with van der Waals surface area (Å²) in [6.45, 7) is 6.96. The molecule has 2 aromatic heterocycles. The molecular weight excluding hydrogens is 488 g/mol. The van der Waals surface area contributed by atoms with Crippen molar-refractivity contribution in [1.82, 2.24) is 14.9 Å². The molecule has 3 aliphatic rings. The van der Waals surface area contributed by atoms with Crippen molar-refractivity contribution >= 4 is 45.2 Å². The lowest BCUT2D eigenvalue weighted by Gasteiger charge is -2.36. The van der Waals surface area contributed by atoms with Crippen LogP contribution in [0, 0.1) is 5.92 Å². The van der Waals surface area contributed by atoms with Gasteiger partial charge in [0.05, 0.1) is 36.9 Å². The Balaban J connectivity index is 1.30. The van der Waals surface area contributed by atoms with E-state index < -0.39 is 0 Å². The second-order valence-corrected chi connectivity index (χ2v) is 11.3. The topological polar surface area (TPSA) is 115 Å². The van der Waals surface area contributed by atoms with Crippen molar-refractivity contribution in [2.24, 2.45) is 16.6 Å². The van der Waals surface area contributed by atoms with Gasteiger partial charge in [0.1, 0.15) is 29.3 Å². The first-order chi connectivity index (χ1) is 18.0. The molecule has 9 nitrogen and oxygen atoms in total. The number of ether oxygens (including phenoxy) is 2. The Kier molecular flexibility index (Phi) is 6.56. The van der Waals surface area contributed by atoms with Gasteiger partial charge in [-0.05, 0) is 61.9 Å². The number of hydrogen-bond acceptors (Lipinski definition) is 9. The summed E-state index contributed by atoms with van der Waals surface area (Å²) < 4.78 is 11.6. The molecule has 1 fully saturated rings. The van der Waals surface area contributed by atoms with E-state index in [1.54, 1.807) is 17.7 Å². The van der Waals surface area contributed by atoms with Crippen molar-refractivity contribution in [3.8, 4) is 5.75 Å². The van der Waals surface area contributed by atoms with Crippen molar-refractivity contribution < 1.29 is 14.3 Å². The Labute approximate surface area is 220 Å². The molecule has 3 atom stereocenters. The molecule has 194 valence electrons. The van der Waals surface area contributed by atoms with Crippen molar-refractivity contribution in [2.45, 2.75) is 51.7 Å². The molecule has 1 amide bonds. The monoisotopic (exact) mass is 520 g/mol. The Morgan fingerprint density at radius 3 is 3.11 bits per heavy atom. The maximum absolute atomic E-state index is 13.3. The minimum atomic E-state index is -0.0805. The molecule has 4 heterocycles. The summed E-state index contributed by atoms with van der Waals surface area (Å²) in [5.74, 6) is 1.75. The number of aromatic nitrogens is 2. The summed E-state index contributed by atoms with van der Waals surface area (Å²) in [6.07, 6.45) is 5.90. The Hall–Kier alpha value is -3.08. The van der Waals surface area contributed by atoms with Crippen LogP contribution in [0.2, 0.25) is 0 Å². The molecule has 3 N–H and O–H groups in total. The van der Waals surface area contributed by atoms with Crippen LogP contribution in [0.25, 0.3) is 10.2 Å². The minimum Gasteiger partial charge on any atom is -0.490 e. The van der Waals surface area contributed by atoms with Crippen molar-refractivity contribution in [2.75, 3.05) is 31.7 Å². The summed E-state index contributed by atoms with van der Waals surface area (Å²) in [5, 5.41) is 4.58. The van der Waals surface area contributed by atoms with Crippen LogP contribution >= 0.6 is 11.3 Å². The maximum atomic E-state index is 13.3. The first-order valence-electron chi connectivity index (χ1n) is 12.9. The van der Waals surface area contributed by atoms with E-state index in [0.717, 1.165) is 57.9 Å². The maximum Gasteiger partial charge on any atom is 0.226 e. The zero-order valence-electron chi connectivity index (χ0n) is 21.2. The summed E-state index contributed by atoms with van der Waals surface area (Å²) in [5.41, 5.74) is 10.3. The highest BCUT2D eigenvalue weighted by Crippen LogP contribution is 2.42. The smallest absolute Gasteiger partial charge is 0.226 e. The average molecular weight is 521 g/mol. The molecule has 0 bridgehead atoms. The number of thiophene rings is 1. The number of morpholine rings is 1. The second-order valence-electron chi connectivity index (χ2n) is 10.2. The van der Waals surface area contributed by atoms with E-state index in [9.17, 15) is 4.79 Å². The summed E-state index contributed by atoms with van der Waals surface area (Å²) in [6, 6.07) is 4.15. The van der Waals surface area contributed by atoms with Crippen LogP contribution in [0.15, 0.2) is 23.5 Å². The fourth-order valence-corrected chi connectivity index (χ4v) is 6.68. The van der Waals surface area contributed by atoms with Gasteiger partial charge in [0, 0.05) is 29.6 Å². The highest BCUT2D eigenvalue weighted by Gasteiger charge is 2.34. The molecule has 0 radical (unpaired) electrons. The number of carbonyl (C=O) groups is 1. The van der Waals surface area contributed by atoms with Gasteiger partial charge >= 0.3 is 0 Å². The third kappa shape index (κ3) is 4.69. The summed E-state index contributed by atoms with van der Waals surface area (Å²) >= 11 is 1.68. The number of aryl methyl sites for hydroxylation is 1. The highest BCUT2D eigenvalue weighted by molar-refractivity contribution is 7.19. The fourth-order valence-electron chi connectivity index (χ4n) is 5.41. The molecule has 0 unspecified atom stereocenters. The van der Waals surface area contributed by atoms with E-state index in [1.807, 2.05) is 24.1 Å². The van der Waals surface area contributed by atoms with Gasteiger partial charge < -0.3 is 25.4 Å². The number of rotatable bonds is 6. The second kappa shape index (κ2) is 10.00. The predicted molar refractivity (Wildman–Crippen MR) is 145 cm³/mol. The number of nitrogens with zero attached hydrogens (tertiary/aromatic N) is 4. The van der Waals surface area contributed by atoms with Gasteiger partial charge in [-0.25, -0.2) is 9.97 Å². The number of nitrogens with two attached hydrogens (primary N) is 1. The number of fused-ring (bicyclic) bond motifs is 4. The van der Waals surface area contributed by atoms with E-state index in [4.69, 9.17) is 15.2 Å². The normalized spacial score (nSPS) is 21.5. The number of aliphatic imine (C=N–C) groups is 1. The van der Waals surface area contributed by atoms with E-state index in [0.29, 0.717) is 32.9 Å². The van der Waals surface area contributed by atoms with E-state index in [2.05, 4.69) is 33.3 Å². The Bertz CT molecular complexity index is 1370. The molecule has 0 saturated carbocycles. The number of nitrogens with one attached hydrogen (secondary N) is 1. The number of anilines is 2. The van der Waals surface area contributed by atoms with Gasteiger partial charge in [-0.3, -0.25) is 9.79 Å². The van der Waals surface area contributed by atoms with Crippen LogP contribution in [-0.4, -0.2) is 65.4 Å². The van der Waals surface area contributed by atoms with Crippen LogP contribution in [0.3, 0.4) is 0 Å². The third-order valence-electron chi connectivity index (χ3n) is 7.33. The lowest BCUT2D eigenvalue weighted by molar-refractivity contribution is -0.143. The number of carbonyl (C=O) groups excluding carboxylic acids is 1. The molecular formula is C27H32N6O3S. The minimum absolute atomic E-state index is 0.000246. The number of amides is 1. The van der Waals surface area contributed by atoms with Gasteiger partial charge in [-0.2, -0.15) is 0 Å². The Morgan fingerprint density at radius 1 is 1.38 bits per heavy atom. The van der Waals surface area contributed by atoms with Gasteiger partial charge in [0.15, 0.2) is 0 Å². The van der Waals surface area contributed by atoms with Gasteiger partial charge in [0.25, 0.3) is 0 Å². The zero-order valence-corrected chi connectivity index (χ0v) is 22.0. The van der Waals surface area contributed by atoms with Crippen molar-refractivity contribution in [1.29, 1.82) is 0 Å². The van der Waals surface area contributed by atoms with Gasteiger partial charge in [-0.15, -0.1) is 11.3 Å². The number of hydrogen-bond donors (Lipinski definition) is 2. The number of benzene rings is 1. The molecule has 0 spiro atoms. The van der Waals surface area contributed by atoms with Crippen LogP contribution in [0.1, 0.15) is 41.8 Å².